The number of carbonyl (C=O) groups is 1. The van der Waals surface area contributed by atoms with Gasteiger partial charge in [0.25, 0.3) is 0 Å². The van der Waals surface area contributed by atoms with E-state index in [0.717, 1.165) is 41.9 Å². The maximum atomic E-state index is 12.4. The van der Waals surface area contributed by atoms with E-state index in [1.807, 2.05) is 48.5 Å². The monoisotopic (exact) mass is 350 g/mol. The first kappa shape index (κ1) is 16.5. The van der Waals surface area contributed by atoms with Crippen LogP contribution in [0.3, 0.4) is 0 Å². The van der Waals surface area contributed by atoms with Crippen molar-refractivity contribution >= 4 is 5.91 Å². The number of pyridine rings is 1. The molecule has 1 aliphatic carbocycles. The van der Waals surface area contributed by atoms with Gasteiger partial charge in [-0.05, 0) is 43.4 Å². The lowest BCUT2D eigenvalue weighted by Crippen LogP contribution is -2.31. The Balaban J connectivity index is 1.45. The van der Waals surface area contributed by atoms with E-state index < -0.39 is 0 Å². The topological polar surface area (TPSA) is 77.6 Å². The highest BCUT2D eigenvalue weighted by Gasteiger charge is 2.26. The molecule has 0 fully saturated rings. The Morgan fingerprint density at radius 2 is 2.23 bits per heavy atom. The summed E-state index contributed by atoms with van der Waals surface area (Å²) in [7, 11) is 1.88. The van der Waals surface area contributed by atoms with Crippen LogP contribution < -0.4 is 5.32 Å². The number of rotatable bonds is 5. The van der Waals surface area contributed by atoms with Crippen molar-refractivity contribution in [1.29, 1.82) is 0 Å². The van der Waals surface area contributed by atoms with Gasteiger partial charge in [0.05, 0.1) is 24.1 Å². The van der Waals surface area contributed by atoms with Crippen LogP contribution in [0.2, 0.25) is 0 Å². The van der Waals surface area contributed by atoms with Crippen molar-refractivity contribution in [2.75, 3.05) is 0 Å². The summed E-state index contributed by atoms with van der Waals surface area (Å²) < 4.78 is 3.65. The number of nitrogens with one attached hydrogen (secondary N) is 1. The number of aryl methyl sites for hydroxylation is 2. The third-order valence-electron chi connectivity index (χ3n) is 4.78. The standard InChI is InChI=1S/C19H22N6O/c1-24-13-14(11-21-24)8-9-19(26)23-16-5-4-6-17-15(16)12-22-25(17)18-7-2-3-10-20-18/h2-3,7,10-13,16H,4-6,8-9H2,1H3,(H,23,26). The highest BCUT2D eigenvalue weighted by atomic mass is 16.1. The summed E-state index contributed by atoms with van der Waals surface area (Å²) in [6.45, 7) is 0. The molecular weight excluding hydrogens is 328 g/mol. The molecule has 0 spiro atoms. The van der Waals surface area contributed by atoms with E-state index in [-0.39, 0.29) is 11.9 Å². The van der Waals surface area contributed by atoms with E-state index in [1.54, 1.807) is 10.9 Å². The van der Waals surface area contributed by atoms with Crippen LogP contribution in [0.5, 0.6) is 0 Å². The second kappa shape index (κ2) is 7.11. The molecule has 7 nitrogen and oxygen atoms in total. The van der Waals surface area contributed by atoms with Gasteiger partial charge in [0, 0.05) is 31.4 Å². The Kier molecular flexibility index (Phi) is 4.51. The zero-order valence-electron chi connectivity index (χ0n) is 14.8. The van der Waals surface area contributed by atoms with Crippen molar-refractivity contribution in [2.24, 2.45) is 7.05 Å². The van der Waals surface area contributed by atoms with Crippen LogP contribution in [0.4, 0.5) is 0 Å². The van der Waals surface area contributed by atoms with Crippen molar-refractivity contribution in [3.63, 3.8) is 0 Å². The number of nitrogens with zero attached hydrogens (tertiary/aromatic N) is 5. The van der Waals surface area contributed by atoms with Gasteiger partial charge in [0.2, 0.25) is 5.91 Å². The van der Waals surface area contributed by atoms with Gasteiger partial charge in [-0.15, -0.1) is 0 Å². The third-order valence-corrected chi connectivity index (χ3v) is 4.78. The van der Waals surface area contributed by atoms with Crippen LogP contribution >= 0.6 is 0 Å². The zero-order chi connectivity index (χ0) is 17.9. The maximum Gasteiger partial charge on any atom is 0.220 e. The van der Waals surface area contributed by atoms with Gasteiger partial charge < -0.3 is 5.32 Å². The first-order valence-electron chi connectivity index (χ1n) is 8.96. The summed E-state index contributed by atoms with van der Waals surface area (Å²) in [6.07, 6.45) is 11.5. The van der Waals surface area contributed by atoms with E-state index in [0.29, 0.717) is 12.8 Å². The van der Waals surface area contributed by atoms with Crippen LogP contribution in [0, 0.1) is 0 Å². The Bertz CT molecular complexity index is 898. The molecule has 0 saturated heterocycles. The molecule has 3 aromatic heterocycles. The Morgan fingerprint density at radius 1 is 1.31 bits per heavy atom. The van der Waals surface area contributed by atoms with Crippen molar-refractivity contribution in [3.8, 4) is 5.82 Å². The SMILES string of the molecule is Cn1cc(CCC(=O)NC2CCCc3c2cnn3-c2ccccn2)cn1. The van der Waals surface area contributed by atoms with Crippen LogP contribution in [-0.4, -0.2) is 30.5 Å². The number of fused-ring (bicyclic) bond motifs is 1. The normalized spacial score (nSPS) is 16.3. The minimum atomic E-state index is 0.0256. The Labute approximate surface area is 152 Å². The van der Waals surface area contributed by atoms with Gasteiger partial charge in [0.1, 0.15) is 0 Å². The summed E-state index contributed by atoms with van der Waals surface area (Å²) in [5.74, 6) is 0.884. The van der Waals surface area contributed by atoms with Crippen LogP contribution in [0.1, 0.15) is 42.1 Å². The fourth-order valence-corrected chi connectivity index (χ4v) is 3.51. The van der Waals surface area contributed by atoms with E-state index in [1.165, 1.54) is 0 Å². The van der Waals surface area contributed by atoms with Crippen molar-refractivity contribution < 1.29 is 4.79 Å². The molecular formula is C19H22N6O. The van der Waals surface area contributed by atoms with E-state index in [9.17, 15) is 4.79 Å². The molecule has 0 aromatic carbocycles. The van der Waals surface area contributed by atoms with E-state index in [2.05, 4.69) is 20.5 Å². The molecule has 7 heteroatoms. The summed E-state index contributed by atoms with van der Waals surface area (Å²) >= 11 is 0. The summed E-state index contributed by atoms with van der Waals surface area (Å²) in [5.41, 5.74) is 3.33. The average molecular weight is 350 g/mol. The zero-order valence-corrected chi connectivity index (χ0v) is 14.8. The molecule has 1 atom stereocenters. The molecule has 3 heterocycles. The van der Waals surface area contributed by atoms with Crippen molar-refractivity contribution in [3.05, 3.63) is 59.8 Å². The van der Waals surface area contributed by atoms with Gasteiger partial charge in [-0.2, -0.15) is 10.2 Å². The largest absolute Gasteiger partial charge is 0.349 e. The quantitative estimate of drug-likeness (QED) is 0.765. The number of hydrogen-bond acceptors (Lipinski definition) is 4. The molecule has 4 rings (SSSR count). The van der Waals surface area contributed by atoms with Crippen molar-refractivity contribution in [1.82, 2.24) is 29.9 Å². The number of amides is 1. The molecule has 1 N–H and O–H groups in total. The number of hydrogen-bond donors (Lipinski definition) is 1. The van der Waals surface area contributed by atoms with Gasteiger partial charge in [-0.1, -0.05) is 6.07 Å². The van der Waals surface area contributed by atoms with Gasteiger partial charge in [0.15, 0.2) is 5.82 Å². The maximum absolute atomic E-state index is 12.4. The molecule has 0 bridgehead atoms. The fraction of sp³-hybridized carbons (Fsp3) is 0.368. The van der Waals surface area contributed by atoms with Crippen LogP contribution in [0.15, 0.2) is 43.0 Å². The molecule has 0 saturated carbocycles. The summed E-state index contributed by atoms with van der Waals surface area (Å²) in [6, 6.07) is 5.82. The lowest BCUT2D eigenvalue weighted by molar-refractivity contribution is -0.121. The number of carbonyl (C=O) groups excluding carboxylic acids is 1. The first-order valence-corrected chi connectivity index (χ1v) is 8.96. The number of aromatic nitrogens is 5. The summed E-state index contributed by atoms with van der Waals surface area (Å²) in [4.78, 5) is 16.8. The molecule has 134 valence electrons. The molecule has 0 radical (unpaired) electrons. The second-order valence-corrected chi connectivity index (χ2v) is 6.68. The first-order chi connectivity index (χ1) is 12.7. The van der Waals surface area contributed by atoms with Crippen LogP contribution in [0.25, 0.3) is 5.82 Å². The van der Waals surface area contributed by atoms with E-state index in [4.69, 9.17) is 0 Å². The Morgan fingerprint density at radius 3 is 3.00 bits per heavy atom. The smallest absolute Gasteiger partial charge is 0.220 e. The minimum Gasteiger partial charge on any atom is -0.349 e. The molecule has 1 amide bonds. The Hall–Kier alpha value is -2.96. The predicted molar refractivity (Wildman–Crippen MR) is 96.7 cm³/mol. The molecule has 3 aromatic rings. The second-order valence-electron chi connectivity index (χ2n) is 6.68. The molecule has 1 unspecified atom stereocenters. The average Bonchev–Trinajstić information content (AvgIpc) is 3.27. The van der Waals surface area contributed by atoms with Crippen LogP contribution in [-0.2, 0) is 24.7 Å². The summed E-state index contributed by atoms with van der Waals surface area (Å²) in [5, 5.41) is 11.8. The molecule has 1 aliphatic rings. The lowest BCUT2D eigenvalue weighted by Gasteiger charge is -2.24. The molecule has 26 heavy (non-hydrogen) atoms. The van der Waals surface area contributed by atoms with Crippen molar-refractivity contribution in [2.45, 2.75) is 38.1 Å². The highest BCUT2D eigenvalue weighted by molar-refractivity contribution is 5.76. The lowest BCUT2D eigenvalue weighted by atomic mass is 9.92. The van der Waals surface area contributed by atoms with Gasteiger partial charge in [-0.25, -0.2) is 9.67 Å². The molecule has 0 aliphatic heterocycles. The minimum absolute atomic E-state index is 0.0256. The van der Waals surface area contributed by atoms with Gasteiger partial charge >= 0.3 is 0 Å². The highest BCUT2D eigenvalue weighted by Crippen LogP contribution is 2.30. The predicted octanol–water partition coefficient (Wildman–Crippen LogP) is 2.13. The fourth-order valence-electron chi connectivity index (χ4n) is 3.51. The third kappa shape index (κ3) is 3.37. The van der Waals surface area contributed by atoms with E-state index >= 15 is 0 Å². The van der Waals surface area contributed by atoms with Gasteiger partial charge in [-0.3, -0.25) is 9.48 Å².